The largest absolute Gasteiger partial charge is 0.336 e. The highest BCUT2D eigenvalue weighted by molar-refractivity contribution is 7.89. The molecule has 122 valence electrons. The summed E-state index contributed by atoms with van der Waals surface area (Å²) in [4.78, 5) is 14.3. The monoisotopic (exact) mass is 324 g/mol. The minimum Gasteiger partial charge on any atom is -0.336 e. The maximum Gasteiger partial charge on any atom is 0.241 e. The first-order chi connectivity index (χ1) is 10.3. The van der Waals surface area contributed by atoms with Crippen molar-refractivity contribution in [2.45, 2.75) is 57.0 Å². The molecule has 0 aromatic heterocycles. The Balaban J connectivity index is 2.02. The number of benzene rings is 1. The molecule has 1 aliphatic heterocycles. The second-order valence-corrected chi connectivity index (χ2v) is 7.83. The van der Waals surface area contributed by atoms with Crippen molar-refractivity contribution in [1.29, 1.82) is 0 Å². The molecule has 1 fully saturated rings. The molecule has 2 atom stereocenters. The molecule has 0 bridgehead atoms. The van der Waals surface area contributed by atoms with E-state index in [4.69, 9.17) is 0 Å². The minimum atomic E-state index is -3.64. The van der Waals surface area contributed by atoms with Crippen molar-refractivity contribution in [3.63, 3.8) is 0 Å². The number of rotatable bonds is 4. The summed E-state index contributed by atoms with van der Waals surface area (Å²) in [7, 11) is -3.64. The summed E-state index contributed by atoms with van der Waals surface area (Å²) in [5.74, 6) is -0.157. The van der Waals surface area contributed by atoms with E-state index in [-0.39, 0.29) is 29.4 Å². The summed E-state index contributed by atoms with van der Waals surface area (Å²) in [6, 6.07) is 6.92. The van der Waals surface area contributed by atoms with Gasteiger partial charge in [-0.05, 0) is 52.2 Å². The Bertz CT molecular complexity index is 615. The lowest BCUT2D eigenvalue weighted by Crippen LogP contribution is -2.51. The number of hydrogen-bond donors (Lipinski definition) is 1. The number of carbonyl (C=O) groups is 1. The van der Waals surface area contributed by atoms with E-state index in [1.807, 2.05) is 20.8 Å². The van der Waals surface area contributed by atoms with Gasteiger partial charge < -0.3 is 4.90 Å². The zero-order valence-corrected chi connectivity index (χ0v) is 14.2. The zero-order chi connectivity index (χ0) is 16.3. The average Bonchev–Trinajstić information content (AvgIpc) is 2.45. The van der Waals surface area contributed by atoms with Gasteiger partial charge in [-0.15, -0.1) is 0 Å². The van der Waals surface area contributed by atoms with Gasteiger partial charge in [-0.1, -0.05) is 17.7 Å². The van der Waals surface area contributed by atoms with Crippen LogP contribution in [0.25, 0.3) is 0 Å². The molecule has 6 heteroatoms. The Labute approximate surface area is 132 Å². The zero-order valence-electron chi connectivity index (χ0n) is 13.4. The topological polar surface area (TPSA) is 66.5 Å². The number of nitrogens with one attached hydrogen (secondary N) is 1. The van der Waals surface area contributed by atoms with Crippen LogP contribution in [0.3, 0.4) is 0 Å². The lowest BCUT2D eigenvalue weighted by Gasteiger charge is -2.39. The van der Waals surface area contributed by atoms with Crippen molar-refractivity contribution in [3.05, 3.63) is 29.8 Å². The van der Waals surface area contributed by atoms with Crippen LogP contribution in [0, 0.1) is 6.92 Å². The van der Waals surface area contributed by atoms with Crippen LogP contribution in [0.5, 0.6) is 0 Å². The van der Waals surface area contributed by atoms with E-state index in [1.54, 1.807) is 29.2 Å². The Morgan fingerprint density at radius 2 is 1.73 bits per heavy atom. The summed E-state index contributed by atoms with van der Waals surface area (Å²) in [5.41, 5.74) is 0.992. The van der Waals surface area contributed by atoms with Crippen molar-refractivity contribution in [2.24, 2.45) is 0 Å². The maximum absolute atomic E-state index is 12.4. The van der Waals surface area contributed by atoms with Crippen LogP contribution in [-0.4, -0.2) is 37.9 Å². The average molecular weight is 324 g/mol. The van der Waals surface area contributed by atoms with Crippen LogP contribution in [0.1, 0.15) is 38.7 Å². The molecule has 22 heavy (non-hydrogen) atoms. The first-order valence-corrected chi connectivity index (χ1v) is 9.17. The van der Waals surface area contributed by atoms with Crippen LogP contribution >= 0.6 is 0 Å². The van der Waals surface area contributed by atoms with Gasteiger partial charge >= 0.3 is 0 Å². The second-order valence-electron chi connectivity index (χ2n) is 6.07. The van der Waals surface area contributed by atoms with Crippen LogP contribution in [0.2, 0.25) is 0 Å². The van der Waals surface area contributed by atoms with E-state index < -0.39 is 10.0 Å². The van der Waals surface area contributed by atoms with Gasteiger partial charge in [-0.2, -0.15) is 0 Å². The Morgan fingerprint density at radius 3 is 2.27 bits per heavy atom. The van der Waals surface area contributed by atoms with E-state index in [9.17, 15) is 13.2 Å². The molecule has 0 spiro atoms. The third-order valence-electron chi connectivity index (χ3n) is 4.23. The molecule has 1 aromatic rings. The molecule has 0 unspecified atom stereocenters. The maximum atomic E-state index is 12.4. The van der Waals surface area contributed by atoms with Crippen molar-refractivity contribution >= 4 is 15.9 Å². The number of aryl methyl sites for hydroxylation is 1. The number of carbonyl (C=O) groups excluding carboxylic acids is 1. The van der Waals surface area contributed by atoms with Gasteiger partial charge in [0, 0.05) is 12.1 Å². The first-order valence-electron chi connectivity index (χ1n) is 7.69. The predicted octanol–water partition coefficient (Wildman–Crippen LogP) is 2.06. The van der Waals surface area contributed by atoms with Gasteiger partial charge in [0.1, 0.15) is 0 Å². The number of sulfonamides is 1. The van der Waals surface area contributed by atoms with E-state index in [2.05, 4.69) is 4.72 Å². The first kappa shape index (κ1) is 17.0. The van der Waals surface area contributed by atoms with E-state index >= 15 is 0 Å². The van der Waals surface area contributed by atoms with Gasteiger partial charge in [-0.25, -0.2) is 13.1 Å². The predicted molar refractivity (Wildman–Crippen MR) is 86.0 cm³/mol. The third kappa shape index (κ3) is 3.87. The molecule has 1 amide bonds. The Kier molecular flexibility index (Phi) is 5.24. The third-order valence-corrected chi connectivity index (χ3v) is 5.64. The van der Waals surface area contributed by atoms with Crippen LogP contribution < -0.4 is 4.72 Å². The van der Waals surface area contributed by atoms with Crippen molar-refractivity contribution in [2.75, 3.05) is 6.54 Å². The van der Waals surface area contributed by atoms with Gasteiger partial charge in [-0.3, -0.25) is 4.79 Å². The van der Waals surface area contributed by atoms with E-state index in [0.717, 1.165) is 24.8 Å². The smallest absolute Gasteiger partial charge is 0.241 e. The second kappa shape index (κ2) is 6.79. The molecule has 0 saturated carbocycles. The quantitative estimate of drug-likeness (QED) is 0.922. The molecule has 0 aliphatic carbocycles. The Hall–Kier alpha value is -1.40. The summed E-state index contributed by atoms with van der Waals surface area (Å²) in [6.07, 6.45) is 3.06. The normalized spacial score (nSPS) is 22.6. The Morgan fingerprint density at radius 1 is 1.18 bits per heavy atom. The molecule has 1 saturated heterocycles. The number of nitrogens with zero attached hydrogens (tertiary/aromatic N) is 1. The van der Waals surface area contributed by atoms with Gasteiger partial charge in [0.15, 0.2) is 0 Å². The lowest BCUT2D eigenvalue weighted by molar-refractivity contribution is -0.135. The fourth-order valence-corrected chi connectivity index (χ4v) is 3.94. The van der Waals surface area contributed by atoms with Crippen LogP contribution in [0.4, 0.5) is 0 Å². The molecule has 1 aliphatic rings. The lowest BCUT2D eigenvalue weighted by atomic mass is 9.97. The highest BCUT2D eigenvalue weighted by atomic mass is 32.2. The van der Waals surface area contributed by atoms with Gasteiger partial charge in [0.25, 0.3) is 0 Å². The molecule has 2 rings (SSSR count). The SMILES string of the molecule is Cc1ccc(S(=O)(=O)NCC(=O)N2[C@H](C)CCC[C@@H]2C)cc1. The van der Waals surface area contributed by atoms with E-state index in [0.29, 0.717) is 0 Å². The van der Waals surface area contributed by atoms with Crippen molar-refractivity contribution < 1.29 is 13.2 Å². The van der Waals surface area contributed by atoms with Crippen LogP contribution in [-0.2, 0) is 14.8 Å². The number of likely N-dealkylation sites (tertiary alicyclic amines) is 1. The molecular weight excluding hydrogens is 300 g/mol. The fourth-order valence-electron chi connectivity index (χ4n) is 2.96. The summed E-state index contributed by atoms with van der Waals surface area (Å²) in [6.45, 7) is 5.74. The standard InChI is InChI=1S/C16H24N2O3S/c1-12-7-9-15(10-8-12)22(20,21)17-11-16(19)18-13(2)5-4-6-14(18)3/h7-10,13-14,17H,4-6,11H2,1-3H3/t13-,14+. The van der Waals surface area contributed by atoms with Crippen molar-refractivity contribution in [1.82, 2.24) is 9.62 Å². The van der Waals surface area contributed by atoms with Crippen LogP contribution in [0.15, 0.2) is 29.2 Å². The van der Waals surface area contributed by atoms with Gasteiger partial charge in [0.05, 0.1) is 11.4 Å². The van der Waals surface area contributed by atoms with Crippen molar-refractivity contribution in [3.8, 4) is 0 Å². The molecule has 1 aromatic carbocycles. The summed E-state index contributed by atoms with van der Waals surface area (Å²) in [5, 5.41) is 0. The minimum absolute atomic E-state index is 0.157. The summed E-state index contributed by atoms with van der Waals surface area (Å²) >= 11 is 0. The molecule has 0 radical (unpaired) electrons. The highest BCUT2D eigenvalue weighted by Gasteiger charge is 2.29. The molecule has 1 heterocycles. The van der Waals surface area contributed by atoms with Gasteiger partial charge in [0.2, 0.25) is 15.9 Å². The highest BCUT2D eigenvalue weighted by Crippen LogP contribution is 2.22. The molecule has 5 nitrogen and oxygen atoms in total. The van der Waals surface area contributed by atoms with E-state index in [1.165, 1.54) is 0 Å². The summed E-state index contributed by atoms with van der Waals surface area (Å²) < 4.78 is 26.8. The fraction of sp³-hybridized carbons (Fsp3) is 0.562. The number of piperidine rings is 1. The molecule has 1 N–H and O–H groups in total. The number of amides is 1. The number of hydrogen-bond acceptors (Lipinski definition) is 3. The molecular formula is C16H24N2O3S.